The van der Waals surface area contributed by atoms with Crippen LogP contribution in [-0.2, 0) is 14.3 Å². The van der Waals surface area contributed by atoms with Gasteiger partial charge in [0.1, 0.15) is 5.75 Å². The van der Waals surface area contributed by atoms with Gasteiger partial charge in [-0.15, -0.1) is 16.9 Å². The van der Waals surface area contributed by atoms with Crippen LogP contribution < -0.4 is 4.74 Å². The van der Waals surface area contributed by atoms with Crippen LogP contribution >= 0.6 is 11.8 Å². The Bertz CT molecular complexity index is 847. The summed E-state index contributed by atoms with van der Waals surface area (Å²) in [5.41, 5.74) is 1.53. The molecule has 1 aliphatic heterocycles. The number of ether oxygens (including phenoxy) is 2. The second-order valence-electron chi connectivity index (χ2n) is 5.63. The third kappa shape index (κ3) is 3.88. The summed E-state index contributed by atoms with van der Waals surface area (Å²) in [5, 5.41) is 5.64. The van der Waals surface area contributed by atoms with Gasteiger partial charge >= 0.3 is 5.97 Å². The molecule has 134 valence electrons. The third-order valence-electron chi connectivity index (χ3n) is 3.73. The van der Waals surface area contributed by atoms with Crippen molar-refractivity contribution in [2.75, 3.05) is 6.26 Å². The summed E-state index contributed by atoms with van der Waals surface area (Å²) in [7, 11) is 0. The van der Waals surface area contributed by atoms with Gasteiger partial charge in [0.25, 0.3) is 0 Å². The zero-order chi connectivity index (χ0) is 18.7. The van der Waals surface area contributed by atoms with Crippen LogP contribution in [0.5, 0.6) is 5.75 Å². The Hall–Kier alpha value is -2.80. The van der Waals surface area contributed by atoms with E-state index in [1.807, 2.05) is 30.5 Å². The van der Waals surface area contributed by atoms with Gasteiger partial charge in [-0.1, -0.05) is 12.1 Å². The maximum atomic E-state index is 12.0. The first kappa shape index (κ1) is 18.0. The molecule has 0 fully saturated rings. The second kappa shape index (κ2) is 7.61. The van der Waals surface area contributed by atoms with E-state index in [2.05, 4.69) is 5.10 Å². The lowest BCUT2D eigenvalue weighted by molar-refractivity contribution is -0.135. The summed E-state index contributed by atoms with van der Waals surface area (Å²) in [4.78, 5) is 24.1. The van der Waals surface area contributed by atoms with Crippen molar-refractivity contribution in [3.05, 3.63) is 59.7 Å². The number of esters is 1. The van der Waals surface area contributed by atoms with Crippen LogP contribution in [0.4, 0.5) is 0 Å². The summed E-state index contributed by atoms with van der Waals surface area (Å²) in [6.07, 6.45) is 1.40. The number of thioether (sulfide) groups is 1. The molecule has 0 saturated heterocycles. The Morgan fingerprint density at radius 3 is 2.27 bits per heavy atom. The van der Waals surface area contributed by atoms with Gasteiger partial charge in [-0.25, -0.2) is 0 Å². The molecule has 0 bridgehead atoms. The van der Waals surface area contributed by atoms with Gasteiger partial charge in [-0.05, 0) is 42.7 Å². The minimum atomic E-state index is -0.605. The molecule has 0 aliphatic carbocycles. The molecule has 0 aromatic heterocycles. The van der Waals surface area contributed by atoms with Gasteiger partial charge in [0.05, 0.1) is 0 Å². The van der Waals surface area contributed by atoms with Crippen molar-refractivity contribution in [2.45, 2.75) is 25.0 Å². The molecule has 1 heterocycles. The van der Waals surface area contributed by atoms with Crippen LogP contribution in [0.1, 0.15) is 31.2 Å². The van der Waals surface area contributed by atoms with Gasteiger partial charge in [0.2, 0.25) is 18.0 Å². The molecule has 1 amide bonds. The Balaban J connectivity index is 1.84. The van der Waals surface area contributed by atoms with Crippen molar-refractivity contribution in [1.82, 2.24) is 5.01 Å². The SMILES string of the molecule is CSc1ccc(C2OC(c3ccc(OC(C)=O)cc3)=NN2C(C)=O)cc1. The molecular formula is C19H18N2O4S. The highest BCUT2D eigenvalue weighted by atomic mass is 32.2. The maximum absolute atomic E-state index is 12.0. The zero-order valence-corrected chi connectivity index (χ0v) is 15.4. The number of hydrogen-bond acceptors (Lipinski definition) is 6. The summed E-state index contributed by atoms with van der Waals surface area (Å²) in [6, 6.07) is 14.6. The topological polar surface area (TPSA) is 68.2 Å². The first-order valence-corrected chi connectivity index (χ1v) is 9.18. The van der Waals surface area contributed by atoms with E-state index in [4.69, 9.17) is 9.47 Å². The molecule has 1 aliphatic rings. The van der Waals surface area contributed by atoms with Gasteiger partial charge in [-0.2, -0.15) is 5.01 Å². The van der Waals surface area contributed by atoms with Crippen molar-refractivity contribution < 1.29 is 19.1 Å². The predicted octanol–water partition coefficient (Wildman–Crippen LogP) is 3.57. The van der Waals surface area contributed by atoms with E-state index < -0.39 is 6.23 Å². The van der Waals surface area contributed by atoms with E-state index in [0.717, 1.165) is 10.5 Å². The van der Waals surface area contributed by atoms with Crippen molar-refractivity contribution >= 4 is 29.5 Å². The summed E-state index contributed by atoms with van der Waals surface area (Å²) >= 11 is 1.64. The van der Waals surface area contributed by atoms with Crippen molar-refractivity contribution in [1.29, 1.82) is 0 Å². The van der Waals surface area contributed by atoms with Gasteiger partial charge < -0.3 is 9.47 Å². The van der Waals surface area contributed by atoms with Crippen LogP contribution in [0.15, 0.2) is 58.5 Å². The lowest BCUT2D eigenvalue weighted by Gasteiger charge is -2.19. The average Bonchev–Trinajstić information content (AvgIpc) is 3.07. The number of carbonyl (C=O) groups excluding carboxylic acids is 2. The van der Waals surface area contributed by atoms with Gasteiger partial charge in [0.15, 0.2) is 0 Å². The number of hydrogen-bond donors (Lipinski definition) is 0. The van der Waals surface area contributed by atoms with E-state index in [1.165, 1.54) is 18.9 Å². The monoisotopic (exact) mass is 370 g/mol. The molecule has 6 nitrogen and oxygen atoms in total. The van der Waals surface area contributed by atoms with Crippen LogP contribution in [0.2, 0.25) is 0 Å². The Morgan fingerprint density at radius 1 is 1.08 bits per heavy atom. The fraction of sp³-hybridized carbons (Fsp3) is 0.211. The Labute approximate surface area is 155 Å². The highest BCUT2D eigenvalue weighted by Gasteiger charge is 2.33. The molecule has 3 rings (SSSR count). The molecular weight excluding hydrogens is 352 g/mol. The van der Waals surface area contributed by atoms with E-state index >= 15 is 0 Å². The van der Waals surface area contributed by atoms with Crippen molar-refractivity contribution in [2.24, 2.45) is 5.10 Å². The predicted molar refractivity (Wildman–Crippen MR) is 98.9 cm³/mol. The summed E-state index contributed by atoms with van der Waals surface area (Å²) in [6.45, 7) is 2.79. The zero-order valence-electron chi connectivity index (χ0n) is 14.6. The minimum Gasteiger partial charge on any atom is -0.446 e. The average molecular weight is 370 g/mol. The fourth-order valence-electron chi connectivity index (χ4n) is 2.50. The molecule has 0 spiro atoms. The van der Waals surface area contributed by atoms with Crippen LogP contribution in [-0.4, -0.2) is 29.0 Å². The number of rotatable bonds is 4. The Morgan fingerprint density at radius 2 is 1.73 bits per heavy atom. The molecule has 26 heavy (non-hydrogen) atoms. The number of nitrogens with zero attached hydrogens (tertiary/aromatic N) is 2. The normalized spacial score (nSPS) is 16.0. The second-order valence-corrected chi connectivity index (χ2v) is 6.51. The van der Waals surface area contributed by atoms with Gasteiger partial charge in [0, 0.05) is 29.9 Å². The largest absolute Gasteiger partial charge is 0.446 e. The first-order valence-electron chi connectivity index (χ1n) is 7.96. The lowest BCUT2D eigenvalue weighted by atomic mass is 10.2. The minimum absolute atomic E-state index is 0.213. The van der Waals surface area contributed by atoms with Crippen molar-refractivity contribution in [3.63, 3.8) is 0 Å². The number of benzene rings is 2. The van der Waals surface area contributed by atoms with Crippen molar-refractivity contribution in [3.8, 4) is 5.75 Å². The van der Waals surface area contributed by atoms with Crippen LogP contribution in [0, 0.1) is 0 Å². The number of carbonyl (C=O) groups is 2. The van der Waals surface area contributed by atoms with Crippen LogP contribution in [0.3, 0.4) is 0 Å². The third-order valence-corrected chi connectivity index (χ3v) is 4.47. The summed E-state index contributed by atoms with van der Waals surface area (Å²) < 4.78 is 11.0. The van der Waals surface area contributed by atoms with E-state index in [9.17, 15) is 9.59 Å². The van der Waals surface area contributed by atoms with E-state index in [-0.39, 0.29) is 11.9 Å². The molecule has 0 radical (unpaired) electrons. The van der Waals surface area contributed by atoms with E-state index in [0.29, 0.717) is 17.2 Å². The summed E-state index contributed by atoms with van der Waals surface area (Å²) in [5.74, 6) is 0.181. The molecule has 7 heteroatoms. The first-order chi connectivity index (χ1) is 12.5. The quantitative estimate of drug-likeness (QED) is 0.467. The number of hydrazone groups is 1. The number of amides is 1. The fourth-order valence-corrected chi connectivity index (χ4v) is 2.91. The molecule has 0 saturated carbocycles. The van der Waals surface area contributed by atoms with Gasteiger partial charge in [-0.3, -0.25) is 9.59 Å². The highest BCUT2D eigenvalue weighted by Crippen LogP contribution is 2.31. The molecule has 1 unspecified atom stereocenters. The molecule has 0 N–H and O–H groups in total. The standard InChI is InChI=1S/C19H18N2O4S/c1-12(22)21-19(15-6-10-17(26-3)11-7-15)25-18(20-21)14-4-8-16(9-5-14)24-13(2)23/h4-11,19H,1-3H3. The molecule has 1 atom stereocenters. The highest BCUT2D eigenvalue weighted by molar-refractivity contribution is 7.98. The smallest absolute Gasteiger partial charge is 0.308 e. The van der Waals surface area contributed by atoms with E-state index in [1.54, 1.807) is 36.0 Å². The molecule has 2 aromatic rings. The molecule has 2 aromatic carbocycles. The maximum Gasteiger partial charge on any atom is 0.308 e. The Kier molecular flexibility index (Phi) is 5.27. The van der Waals surface area contributed by atoms with Crippen LogP contribution in [0.25, 0.3) is 0 Å². The lowest BCUT2D eigenvalue weighted by Crippen LogP contribution is -2.25.